The molecule has 0 aliphatic carbocycles. The number of carboxylic acids is 1. The Morgan fingerprint density at radius 1 is 1.21 bits per heavy atom. The first-order chi connectivity index (χ1) is 13.6. The first-order valence-corrected chi connectivity index (χ1v) is 9.27. The van der Waals surface area contributed by atoms with Gasteiger partial charge < -0.3 is 5.11 Å². The summed E-state index contributed by atoms with van der Waals surface area (Å²) in [6, 6.07) is 14.8. The lowest BCUT2D eigenvalue weighted by Gasteiger charge is -2.08. The molecule has 1 N–H and O–H groups in total. The van der Waals surface area contributed by atoms with Crippen LogP contribution in [0.1, 0.15) is 34.5 Å². The maximum atomic E-state index is 11.4. The molecule has 0 aliphatic rings. The van der Waals surface area contributed by atoms with Crippen LogP contribution >= 0.6 is 12.2 Å². The normalized spacial score (nSPS) is 10.2. The molecule has 0 aliphatic heterocycles. The SMILES string of the molecule is CC#CCc1nc(CC=S)nn1Cc1ccc(-c2ccccc2C(=O)O)cc1. The van der Waals surface area contributed by atoms with E-state index in [-0.39, 0.29) is 5.56 Å². The van der Waals surface area contributed by atoms with Gasteiger partial charge in [-0.25, -0.2) is 14.5 Å². The molecule has 140 valence electrons. The molecule has 5 nitrogen and oxygen atoms in total. The topological polar surface area (TPSA) is 68.0 Å². The van der Waals surface area contributed by atoms with E-state index in [1.165, 1.54) is 0 Å². The van der Waals surface area contributed by atoms with Crippen LogP contribution in [-0.2, 0) is 19.4 Å². The predicted molar refractivity (Wildman–Crippen MR) is 112 cm³/mol. The Labute approximate surface area is 169 Å². The summed E-state index contributed by atoms with van der Waals surface area (Å²) in [5, 5.41) is 15.5. The van der Waals surface area contributed by atoms with Crippen molar-refractivity contribution in [3.63, 3.8) is 0 Å². The summed E-state index contributed by atoms with van der Waals surface area (Å²) < 4.78 is 1.85. The van der Waals surface area contributed by atoms with Crippen LogP contribution in [0.5, 0.6) is 0 Å². The van der Waals surface area contributed by atoms with E-state index in [1.54, 1.807) is 24.4 Å². The maximum Gasteiger partial charge on any atom is 0.336 e. The minimum atomic E-state index is -0.935. The minimum absolute atomic E-state index is 0.289. The van der Waals surface area contributed by atoms with Gasteiger partial charge in [0.1, 0.15) is 5.82 Å². The van der Waals surface area contributed by atoms with Gasteiger partial charge in [0.15, 0.2) is 5.82 Å². The van der Waals surface area contributed by atoms with Gasteiger partial charge in [0, 0.05) is 6.42 Å². The number of rotatable bonds is 7. The summed E-state index contributed by atoms with van der Waals surface area (Å²) in [4.78, 5) is 16.0. The van der Waals surface area contributed by atoms with E-state index in [0.717, 1.165) is 17.0 Å². The Kier molecular flexibility index (Phi) is 6.30. The van der Waals surface area contributed by atoms with Crippen molar-refractivity contribution in [1.82, 2.24) is 14.8 Å². The average molecular weight is 389 g/mol. The quantitative estimate of drug-likeness (QED) is 0.492. The molecule has 0 radical (unpaired) electrons. The highest BCUT2D eigenvalue weighted by Gasteiger charge is 2.12. The second-order valence-electron chi connectivity index (χ2n) is 6.12. The molecule has 1 heterocycles. The van der Waals surface area contributed by atoms with E-state index in [1.807, 2.05) is 41.1 Å². The van der Waals surface area contributed by atoms with Crippen molar-refractivity contribution in [3.8, 4) is 23.0 Å². The van der Waals surface area contributed by atoms with Crippen molar-refractivity contribution in [2.75, 3.05) is 0 Å². The highest BCUT2D eigenvalue weighted by molar-refractivity contribution is 7.78. The smallest absolute Gasteiger partial charge is 0.336 e. The Morgan fingerprint density at radius 3 is 2.64 bits per heavy atom. The number of carboxylic acid groups (broad SMARTS) is 1. The average Bonchev–Trinajstić information content (AvgIpc) is 3.08. The van der Waals surface area contributed by atoms with Crippen molar-refractivity contribution in [2.45, 2.75) is 26.3 Å². The van der Waals surface area contributed by atoms with Gasteiger partial charge in [-0.2, -0.15) is 5.10 Å². The maximum absolute atomic E-state index is 11.4. The summed E-state index contributed by atoms with van der Waals surface area (Å²) in [7, 11) is 0. The third-order valence-corrected chi connectivity index (χ3v) is 4.40. The Bertz CT molecular complexity index is 1060. The predicted octanol–water partition coefficient (Wildman–Crippen LogP) is 3.80. The fourth-order valence-electron chi connectivity index (χ4n) is 2.90. The molecule has 2 aromatic carbocycles. The largest absolute Gasteiger partial charge is 0.478 e. The minimum Gasteiger partial charge on any atom is -0.478 e. The summed E-state index contributed by atoms with van der Waals surface area (Å²) in [6.07, 6.45) is 1.07. The van der Waals surface area contributed by atoms with Crippen molar-refractivity contribution in [1.29, 1.82) is 0 Å². The standard InChI is InChI=1S/C22H19N3O2S/c1-2-3-8-21-23-20(13-14-28)24-25(21)15-16-9-11-17(12-10-16)18-6-4-5-7-19(18)22(26)27/h4-7,9-12,14H,8,13,15H2,1H3,(H,26,27). The number of thiocarbonyl (C=S) groups is 1. The van der Waals surface area contributed by atoms with Gasteiger partial charge in [0.05, 0.1) is 18.5 Å². The van der Waals surface area contributed by atoms with Crippen LogP contribution in [0, 0.1) is 11.8 Å². The molecule has 0 amide bonds. The number of aromatic nitrogens is 3. The molecule has 6 heteroatoms. The van der Waals surface area contributed by atoms with E-state index >= 15 is 0 Å². The third-order valence-electron chi connectivity index (χ3n) is 4.24. The van der Waals surface area contributed by atoms with Gasteiger partial charge in [-0.15, -0.1) is 5.92 Å². The van der Waals surface area contributed by atoms with Gasteiger partial charge in [-0.1, -0.05) is 60.6 Å². The molecule has 0 fully saturated rings. The van der Waals surface area contributed by atoms with Crippen LogP contribution in [0.15, 0.2) is 48.5 Å². The summed E-state index contributed by atoms with van der Waals surface area (Å²) in [6.45, 7) is 2.36. The van der Waals surface area contributed by atoms with Crippen molar-refractivity contribution >= 4 is 23.6 Å². The zero-order valence-electron chi connectivity index (χ0n) is 15.4. The molecule has 0 saturated heterocycles. The number of hydrogen-bond donors (Lipinski definition) is 1. The molecule has 0 atom stereocenters. The zero-order valence-corrected chi connectivity index (χ0v) is 16.2. The van der Waals surface area contributed by atoms with Crippen LogP contribution in [0.3, 0.4) is 0 Å². The van der Waals surface area contributed by atoms with E-state index in [9.17, 15) is 9.90 Å². The van der Waals surface area contributed by atoms with Crippen molar-refractivity contribution in [2.24, 2.45) is 0 Å². The van der Waals surface area contributed by atoms with Gasteiger partial charge in [-0.05, 0) is 35.0 Å². The van der Waals surface area contributed by atoms with Gasteiger partial charge >= 0.3 is 5.97 Å². The molecule has 1 aromatic heterocycles. The zero-order chi connectivity index (χ0) is 19.9. The second kappa shape index (κ2) is 9.07. The number of nitrogens with zero attached hydrogens (tertiary/aromatic N) is 3. The Balaban J connectivity index is 1.86. The fraction of sp³-hybridized carbons (Fsp3) is 0.182. The molecule has 0 saturated carbocycles. The van der Waals surface area contributed by atoms with Gasteiger partial charge in [0.25, 0.3) is 0 Å². The van der Waals surface area contributed by atoms with Crippen LogP contribution < -0.4 is 0 Å². The first kappa shape index (κ1) is 19.5. The summed E-state index contributed by atoms with van der Waals surface area (Å²) in [5.41, 5.74) is 2.89. The molecule has 3 aromatic rings. The summed E-state index contributed by atoms with van der Waals surface area (Å²) in [5.74, 6) is 6.47. The van der Waals surface area contributed by atoms with Crippen LogP contribution in [0.4, 0.5) is 0 Å². The van der Waals surface area contributed by atoms with Gasteiger partial charge in [-0.3, -0.25) is 0 Å². The van der Waals surface area contributed by atoms with Gasteiger partial charge in [0.2, 0.25) is 0 Å². The van der Waals surface area contributed by atoms with Crippen molar-refractivity contribution < 1.29 is 9.90 Å². The van der Waals surface area contributed by atoms with Crippen LogP contribution in [0.2, 0.25) is 0 Å². The third kappa shape index (κ3) is 4.51. The number of hydrogen-bond acceptors (Lipinski definition) is 4. The number of benzene rings is 2. The Morgan fingerprint density at radius 2 is 1.96 bits per heavy atom. The second-order valence-corrected chi connectivity index (χ2v) is 6.46. The molecule has 0 unspecified atom stereocenters. The van der Waals surface area contributed by atoms with Crippen LogP contribution in [0.25, 0.3) is 11.1 Å². The van der Waals surface area contributed by atoms with E-state index in [0.29, 0.717) is 30.8 Å². The molecule has 0 spiro atoms. The Hall–Kier alpha value is -3.30. The number of aromatic carboxylic acids is 1. The monoisotopic (exact) mass is 389 g/mol. The van der Waals surface area contributed by atoms with E-state index in [2.05, 4.69) is 21.9 Å². The molecule has 28 heavy (non-hydrogen) atoms. The van der Waals surface area contributed by atoms with E-state index < -0.39 is 5.97 Å². The highest BCUT2D eigenvalue weighted by Crippen LogP contribution is 2.24. The van der Waals surface area contributed by atoms with Crippen molar-refractivity contribution in [3.05, 3.63) is 71.3 Å². The van der Waals surface area contributed by atoms with E-state index in [4.69, 9.17) is 12.2 Å². The molecular weight excluding hydrogens is 370 g/mol. The fourth-order valence-corrected chi connectivity index (χ4v) is 3.05. The first-order valence-electron chi connectivity index (χ1n) is 8.80. The lowest BCUT2D eigenvalue weighted by Crippen LogP contribution is -2.07. The molecular formula is C22H19N3O2S. The summed E-state index contributed by atoms with van der Waals surface area (Å²) >= 11 is 4.91. The lowest BCUT2D eigenvalue weighted by atomic mass is 9.99. The number of carbonyl (C=O) groups is 1. The molecule has 0 bridgehead atoms. The molecule has 3 rings (SSSR count). The van der Waals surface area contributed by atoms with Crippen LogP contribution in [-0.4, -0.2) is 31.2 Å². The highest BCUT2D eigenvalue weighted by atomic mass is 32.1. The lowest BCUT2D eigenvalue weighted by molar-refractivity contribution is 0.0697.